The van der Waals surface area contributed by atoms with Crippen molar-refractivity contribution >= 4 is 11.6 Å². The zero-order valence-electron chi connectivity index (χ0n) is 12.5. The van der Waals surface area contributed by atoms with Crippen molar-refractivity contribution in [3.05, 3.63) is 29.8 Å². The number of anilines is 1. The summed E-state index contributed by atoms with van der Waals surface area (Å²) in [6, 6.07) is 8.07. The topological polar surface area (TPSA) is 55.1 Å². The van der Waals surface area contributed by atoms with Crippen molar-refractivity contribution in [2.45, 2.75) is 52.5 Å². The molecule has 0 bridgehead atoms. The minimum atomic E-state index is -0.648. The lowest BCUT2D eigenvalue weighted by Crippen LogP contribution is -2.51. The van der Waals surface area contributed by atoms with Gasteiger partial charge in [-0.2, -0.15) is 0 Å². The molecular formula is C16H26N2O. The predicted octanol–water partition coefficient (Wildman–Crippen LogP) is 3.48. The monoisotopic (exact) mass is 262 g/mol. The van der Waals surface area contributed by atoms with E-state index in [1.807, 2.05) is 38.1 Å². The molecule has 0 saturated heterocycles. The van der Waals surface area contributed by atoms with Crippen LogP contribution in [-0.2, 0) is 4.79 Å². The highest BCUT2D eigenvalue weighted by atomic mass is 16.1. The number of aryl methyl sites for hydroxylation is 1. The van der Waals surface area contributed by atoms with Crippen LogP contribution >= 0.6 is 0 Å². The molecule has 0 aliphatic rings. The summed E-state index contributed by atoms with van der Waals surface area (Å²) in [7, 11) is 0. The van der Waals surface area contributed by atoms with Crippen molar-refractivity contribution in [3.63, 3.8) is 0 Å². The van der Waals surface area contributed by atoms with Gasteiger partial charge in [0.15, 0.2) is 0 Å². The van der Waals surface area contributed by atoms with Gasteiger partial charge in [-0.25, -0.2) is 0 Å². The van der Waals surface area contributed by atoms with E-state index in [4.69, 9.17) is 5.73 Å². The van der Waals surface area contributed by atoms with Gasteiger partial charge in [-0.1, -0.05) is 44.9 Å². The first-order valence-electron chi connectivity index (χ1n) is 7.08. The molecule has 3 heteroatoms. The van der Waals surface area contributed by atoms with Crippen molar-refractivity contribution < 1.29 is 4.79 Å². The van der Waals surface area contributed by atoms with Gasteiger partial charge in [0.05, 0.1) is 0 Å². The van der Waals surface area contributed by atoms with E-state index < -0.39 is 5.54 Å². The fourth-order valence-electron chi connectivity index (χ4n) is 2.27. The number of rotatable bonds is 7. The number of hydrogen-bond acceptors (Lipinski definition) is 2. The van der Waals surface area contributed by atoms with Crippen LogP contribution in [0.25, 0.3) is 0 Å². The fraction of sp³-hybridized carbons (Fsp3) is 0.562. The maximum atomic E-state index is 11.9. The van der Waals surface area contributed by atoms with Gasteiger partial charge in [0.1, 0.15) is 5.54 Å². The van der Waals surface area contributed by atoms with Crippen molar-refractivity contribution in [2.24, 2.45) is 11.7 Å². The third kappa shape index (κ3) is 3.98. The first-order valence-corrected chi connectivity index (χ1v) is 7.08. The molecule has 19 heavy (non-hydrogen) atoms. The summed E-state index contributed by atoms with van der Waals surface area (Å²) in [5.74, 6) is 0.196. The van der Waals surface area contributed by atoms with Gasteiger partial charge in [-0.05, 0) is 37.8 Å². The van der Waals surface area contributed by atoms with Crippen LogP contribution in [0, 0.1) is 12.8 Å². The van der Waals surface area contributed by atoms with Gasteiger partial charge in [-0.15, -0.1) is 0 Å². The van der Waals surface area contributed by atoms with E-state index in [1.54, 1.807) is 0 Å². The minimum Gasteiger partial charge on any atom is -0.371 e. The number of carbonyl (C=O) groups is 1. The molecule has 106 valence electrons. The lowest BCUT2D eigenvalue weighted by atomic mass is 9.83. The molecular weight excluding hydrogens is 236 g/mol. The first kappa shape index (κ1) is 15.5. The van der Waals surface area contributed by atoms with Gasteiger partial charge >= 0.3 is 0 Å². The minimum absolute atomic E-state index is 0.268. The van der Waals surface area contributed by atoms with Gasteiger partial charge in [-0.3, -0.25) is 4.79 Å². The van der Waals surface area contributed by atoms with Crippen LogP contribution in [0.2, 0.25) is 0 Å². The van der Waals surface area contributed by atoms with Crippen molar-refractivity contribution in [1.82, 2.24) is 0 Å². The van der Waals surface area contributed by atoms with Gasteiger partial charge in [0.25, 0.3) is 0 Å². The maximum absolute atomic E-state index is 11.9. The van der Waals surface area contributed by atoms with Crippen molar-refractivity contribution in [1.29, 1.82) is 0 Å². The molecule has 0 aliphatic carbocycles. The van der Waals surface area contributed by atoms with Crippen LogP contribution in [0.15, 0.2) is 24.3 Å². The quantitative estimate of drug-likeness (QED) is 0.790. The number of benzene rings is 1. The normalized spacial score (nSPS) is 15.6. The average molecular weight is 262 g/mol. The SMILES string of the molecule is CCC(C)CC(CC)(Nc1ccc(C)cc1)C(N)=O. The smallest absolute Gasteiger partial charge is 0.243 e. The molecule has 1 rings (SSSR count). The summed E-state index contributed by atoms with van der Waals surface area (Å²) in [4.78, 5) is 11.9. The van der Waals surface area contributed by atoms with E-state index in [2.05, 4.69) is 19.2 Å². The van der Waals surface area contributed by atoms with Crippen molar-refractivity contribution in [2.75, 3.05) is 5.32 Å². The first-order chi connectivity index (χ1) is 8.93. The molecule has 0 radical (unpaired) electrons. The molecule has 0 fully saturated rings. The molecule has 2 unspecified atom stereocenters. The van der Waals surface area contributed by atoms with Crippen LogP contribution in [-0.4, -0.2) is 11.4 Å². The summed E-state index contributed by atoms with van der Waals surface area (Å²) < 4.78 is 0. The summed E-state index contributed by atoms with van der Waals surface area (Å²) in [5.41, 5.74) is 7.17. The van der Waals surface area contributed by atoms with E-state index in [1.165, 1.54) is 5.56 Å². The van der Waals surface area contributed by atoms with Gasteiger partial charge in [0.2, 0.25) is 5.91 Å². The van der Waals surface area contributed by atoms with E-state index in [-0.39, 0.29) is 5.91 Å². The Bertz CT molecular complexity index is 413. The summed E-state index contributed by atoms with van der Waals surface area (Å²) in [5, 5.41) is 3.36. The zero-order chi connectivity index (χ0) is 14.5. The fourth-order valence-corrected chi connectivity index (χ4v) is 2.27. The average Bonchev–Trinajstić information content (AvgIpc) is 2.40. The van der Waals surface area contributed by atoms with Crippen LogP contribution in [0.1, 0.15) is 45.6 Å². The number of hydrogen-bond donors (Lipinski definition) is 2. The standard InChI is InChI=1S/C16H26N2O/c1-5-12(3)11-16(6-2,15(17)19)18-14-9-7-13(4)8-10-14/h7-10,12,18H,5-6,11H2,1-4H3,(H2,17,19). The molecule has 1 amide bonds. The highest BCUT2D eigenvalue weighted by molar-refractivity contribution is 5.88. The lowest BCUT2D eigenvalue weighted by molar-refractivity contribution is -0.123. The Morgan fingerprint density at radius 2 is 1.89 bits per heavy atom. The van der Waals surface area contributed by atoms with Crippen LogP contribution in [0.4, 0.5) is 5.69 Å². The molecule has 1 aromatic rings. The second kappa shape index (κ2) is 6.60. The largest absolute Gasteiger partial charge is 0.371 e. The Hall–Kier alpha value is -1.51. The van der Waals surface area contributed by atoms with E-state index >= 15 is 0 Å². The molecule has 0 heterocycles. The highest BCUT2D eigenvalue weighted by Crippen LogP contribution is 2.27. The third-order valence-electron chi connectivity index (χ3n) is 3.90. The maximum Gasteiger partial charge on any atom is 0.243 e. The molecule has 0 spiro atoms. The highest BCUT2D eigenvalue weighted by Gasteiger charge is 2.35. The predicted molar refractivity (Wildman–Crippen MR) is 81.1 cm³/mol. The summed E-state index contributed by atoms with van der Waals surface area (Å²) in [6.07, 6.45) is 2.51. The second-order valence-corrected chi connectivity index (χ2v) is 5.51. The Morgan fingerprint density at radius 1 is 1.32 bits per heavy atom. The Balaban J connectivity index is 2.96. The molecule has 3 N–H and O–H groups in total. The van der Waals surface area contributed by atoms with Crippen LogP contribution in [0.3, 0.4) is 0 Å². The molecule has 1 aromatic carbocycles. The van der Waals surface area contributed by atoms with Gasteiger partial charge in [0, 0.05) is 5.69 Å². The Labute approximate surface area is 116 Å². The third-order valence-corrected chi connectivity index (χ3v) is 3.90. The lowest BCUT2D eigenvalue weighted by Gasteiger charge is -2.34. The second-order valence-electron chi connectivity index (χ2n) is 5.51. The Morgan fingerprint density at radius 3 is 2.32 bits per heavy atom. The van der Waals surface area contributed by atoms with Gasteiger partial charge < -0.3 is 11.1 Å². The number of carbonyl (C=O) groups excluding carboxylic acids is 1. The molecule has 0 aromatic heterocycles. The zero-order valence-corrected chi connectivity index (χ0v) is 12.5. The number of nitrogens with two attached hydrogens (primary N) is 1. The van der Waals surface area contributed by atoms with E-state index in [0.717, 1.165) is 18.5 Å². The molecule has 3 nitrogen and oxygen atoms in total. The van der Waals surface area contributed by atoms with E-state index in [0.29, 0.717) is 12.3 Å². The summed E-state index contributed by atoms with van der Waals surface area (Å²) >= 11 is 0. The molecule has 0 saturated carbocycles. The van der Waals surface area contributed by atoms with Crippen LogP contribution in [0.5, 0.6) is 0 Å². The van der Waals surface area contributed by atoms with Crippen molar-refractivity contribution in [3.8, 4) is 0 Å². The number of amides is 1. The Kier molecular flexibility index (Phi) is 5.40. The molecule has 0 aliphatic heterocycles. The number of nitrogens with one attached hydrogen (secondary N) is 1. The van der Waals surface area contributed by atoms with Crippen LogP contribution < -0.4 is 11.1 Å². The number of primary amides is 1. The summed E-state index contributed by atoms with van der Waals surface area (Å²) in [6.45, 7) is 8.35. The van der Waals surface area contributed by atoms with E-state index in [9.17, 15) is 4.79 Å². The molecule has 2 atom stereocenters.